The Bertz CT molecular complexity index is 488. The number of fused-ring (bicyclic) bond motifs is 1. The molecule has 0 amide bonds. The molecular weight excluding hydrogens is 200 g/mol. The number of aryl methyl sites for hydroxylation is 1. The fourth-order valence-electron chi connectivity index (χ4n) is 1.92. The Labute approximate surface area is 95.1 Å². The Morgan fingerprint density at radius 2 is 2.12 bits per heavy atom. The van der Waals surface area contributed by atoms with Gasteiger partial charge in [-0.2, -0.15) is 5.10 Å². The van der Waals surface area contributed by atoms with E-state index < -0.39 is 0 Å². The SMILES string of the molecule is CCCCCn1nc(C=O)c2ccccc21. The number of unbranched alkanes of at least 4 members (excludes halogenated alkanes) is 2. The molecule has 1 aromatic carbocycles. The van der Waals surface area contributed by atoms with Gasteiger partial charge >= 0.3 is 0 Å². The number of benzene rings is 1. The number of carbonyl (C=O) groups excluding carboxylic acids is 1. The van der Waals surface area contributed by atoms with Crippen LogP contribution in [0.5, 0.6) is 0 Å². The number of nitrogens with zero attached hydrogens (tertiary/aromatic N) is 2. The van der Waals surface area contributed by atoms with Gasteiger partial charge in [0.25, 0.3) is 0 Å². The number of carbonyl (C=O) groups is 1. The molecule has 0 N–H and O–H groups in total. The van der Waals surface area contributed by atoms with Crippen molar-refractivity contribution in [2.45, 2.75) is 32.7 Å². The molecule has 0 aliphatic carbocycles. The summed E-state index contributed by atoms with van der Waals surface area (Å²) < 4.78 is 1.94. The van der Waals surface area contributed by atoms with E-state index in [1.807, 2.05) is 28.9 Å². The third-order valence-corrected chi connectivity index (χ3v) is 2.77. The smallest absolute Gasteiger partial charge is 0.170 e. The van der Waals surface area contributed by atoms with Crippen molar-refractivity contribution in [3.8, 4) is 0 Å². The molecular formula is C13H16N2O. The molecule has 0 spiro atoms. The van der Waals surface area contributed by atoms with Gasteiger partial charge in [0.15, 0.2) is 6.29 Å². The zero-order valence-corrected chi connectivity index (χ0v) is 9.52. The third-order valence-electron chi connectivity index (χ3n) is 2.77. The number of hydrogen-bond donors (Lipinski definition) is 0. The van der Waals surface area contributed by atoms with Gasteiger partial charge in [-0.15, -0.1) is 0 Å². The Morgan fingerprint density at radius 3 is 2.88 bits per heavy atom. The number of aldehydes is 1. The van der Waals surface area contributed by atoms with Gasteiger partial charge in [0.1, 0.15) is 5.69 Å². The highest BCUT2D eigenvalue weighted by molar-refractivity contribution is 5.95. The first kappa shape index (κ1) is 10.9. The lowest BCUT2D eigenvalue weighted by Crippen LogP contribution is -2.00. The summed E-state index contributed by atoms with van der Waals surface area (Å²) in [5.41, 5.74) is 1.60. The topological polar surface area (TPSA) is 34.9 Å². The van der Waals surface area contributed by atoms with E-state index in [9.17, 15) is 4.79 Å². The van der Waals surface area contributed by atoms with Crippen molar-refractivity contribution in [3.63, 3.8) is 0 Å². The maximum Gasteiger partial charge on any atom is 0.170 e. The van der Waals surface area contributed by atoms with Crippen molar-refractivity contribution in [2.24, 2.45) is 0 Å². The van der Waals surface area contributed by atoms with Gasteiger partial charge in [-0.05, 0) is 12.5 Å². The summed E-state index contributed by atoms with van der Waals surface area (Å²) in [4.78, 5) is 10.9. The first-order chi connectivity index (χ1) is 7.86. The average Bonchev–Trinajstić information content (AvgIpc) is 2.68. The van der Waals surface area contributed by atoms with Crippen LogP contribution >= 0.6 is 0 Å². The minimum absolute atomic E-state index is 0.548. The molecule has 16 heavy (non-hydrogen) atoms. The van der Waals surface area contributed by atoms with Gasteiger partial charge < -0.3 is 0 Å². The highest BCUT2D eigenvalue weighted by Gasteiger charge is 2.07. The Morgan fingerprint density at radius 1 is 1.31 bits per heavy atom. The molecule has 1 aromatic heterocycles. The zero-order valence-electron chi connectivity index (χ0n) is 9.52. The van der Waals surface area contributed by atoms with Gasteiger partial charge in [-0.1, -0.05) is 38.0 Å². The normalized spacial score (nSPS) is 10.8. The van der Waals surface area contributed by atoms with Gasteiger partial charge in [-0.25, -0.2) is 0 Å². The lowest BCUT2D eigenvalue weighted by atomic mass is 10.2. The summed E-state index contributed by atoms with van der Waals surface area (Å²) in [6.07, 6.45) is 4.34. The highest BCUT2D eigenvalue weighted by atomic mass is 16.1. The molecule has 0 saturated carbocycles. The van der Waals surface area contributed by atoms with Crippen LogP contribution in [0.2, 0.25) is 0 Å². The fourth-order valence-corrected chi connectivity index (χ4v) is 1.92. The number of para-hydroxylation sites is 1. The Balaban J connectivity index is 2.33. The number of hydrogen-bond acceptors (Lipinski definition) is 2. The second-order valence-corrected chi connectivity index (χ2v) is 3.95. The van der Waals surface area contributed by atoms with E-state index in [-0.39, 0.29) is 0 Å². The second kappa shape index (κ2) is 4.92. The molecule has 0 aliphatic heterocycles. The van der Waals surface area contributed by atoms with Crippen LogP contribution in [0, 0.1) is 0 Å². The zero-order chi connectivity index (χ0) is 11.4. The van der Waals surface area contributed by atoms with Crippen molar-refractivity contribution in [3.05, 3.63) is 30.0 Å². The van der Waals surface area contributed by atoms with Crippen LogP contribution in [0.4, 0.5) is 0 Å². The summed E-state index contributed by atoms with van der Waals surface area (Å²) in [7, 11) is 0. The standard InChI is InChI=1S/C13H16N2O/c1-2-3-6-9-15-13-8-5-4-7-11(13)12(10-16)14-15/h4-5,7-8,10H,2-3,6,9H2,1H3. The van der Waals surface area contributed by atoms with E-state index in [1.54, 1.807) is 0 Å². The molecule has 0 bridgehead atoms. The summed E-state index contributed by atoms with van der Waals surface area (Å²) in [5.74, 6) is 0. The summed E-state index contributed by atoms with van der Waals surface area (Å²) in [5, 5.41) is 5.28. The van der Waals surface area contributed by atoms with Crippen LogP contribution in [0.25, 0.3) is 10.9 Å². The van der Waals surface area contributed by atoms with E-state index in [0.717, 1.165) is 30.2 Å². The van der Waals surface area contributed by atoms with Crippen molar-refractivity contribution in [1.29, 1.82) is 0 Å². The molecule has 0 saturated heterocycles. The molecule has 3 nitrogen and oxygen atoms in total. The van der Waals surface area contributed by atoms with Crippen LogP contribution in [0.3, 0.4) is 0 Å². The van der Waals surface area contributed by atoms with E-state index in [1.165, 1.54) is 12.8 Å². The Kier molecular flexibility index (Phi) is 3.34. The molecule has 0 unspecified atom stereocenters. The van der Waals surface area contributed by atoms with Gasteiger partial charge in [0.05, 0.1) is 5.52 Å². The first-order valence-electron chi connectivity index (χ1n) is 5.77. The third kappa shape index (κ3) is 1.98. The van der Waals surface area contributed by atoms with Crippen molar-refractivity contribution in [1.82, 2.24) is 9.78 Å². The minimum atomic E-state index is 0.548. The minimum Gasteiger partial charge on any atom is -0.296 e. The predicted molar refractivity (Wildman–Crippen MR) is 64.6 cm³/mol. The number of aromatic nitrogens is 2. The van der Waals surface area contributed by atoms with Crippen LogP contribution < -0.4 is 0 Å². The monoisotopic (exact) mass is 216 g/mol. The van der Waals surface area contributed by atoms with Gasteiger partial charge in [0, 0.05) is 11.9 Å². The lowest BCUT2D eigenvalue weighted by Gasteiger charge is -2.01. The van der Waals surface area contributed by atoms with E-state index >= 15 is 0 Å². The van der Waals surface area contributed by atoms with Gasteiger partial charge in [0.2, 0.25) is 0 Å². The molecule has 0 fully saturated rings. The second-order valence-electron chi connectivity index (χ2n) is 3.95. The molecule has 2 aromatic rings. The molecule has 1 heterocycles. The van der Waals surface area contributed by atoms with Crippen molar-refractivity contribution < 1.29 is 4.79 Å². The average molecular weight is 216 g/mol. The molecule has 0 atom stereocenters. The van der Waals surface area contributed by atoms with Gasteiger partial charge in [-0.3, -0.25) is 9.48 Å². The first-order valence-corrected chi connectivity index (χ1v) is 5.77. The Hall–Kier alpha value is -1.64. The van der Waals surface area contributed by atoms with E-state index in [0.29, 0.717) is 5.69 Å². The van der Waals surface area contributed by atoms with E-state index in [4.69, 9.17) is 0 Å². The molecule has 2 rings (SSSR count). The predicted octanol–water partition coefficient (Wildman–Crippen LogP) is 3.04. The molecule has 0 aliphatic rings. The van der Waals surface area contributed by atoms with Crippen LogP contribution in [0.15, 0.2) is 24.3 Å². The van der Waals surface area contributed by atoms with Crippen molar-refractivity contribution >= 4 is 17.2 Å². The maximum atomic E-state index is 10.9. The lowest BCUT2D eigenvalue weighted by molar-refractivity contribution is 0.111. The van der Waals surface area contributed by atoms with Crippen molar-refractivity contribution in [2.75, 3.05) is 0 Å². The largest absolute Gasteiger partial charge is 0.296 e. The quantitative estimate of drug-likeness (QED) is 0.568. The molecule has 84 valence electrons. The van der Waals surface area contributed by atoms with Crippen LogP contribution in [-0.4, -0.2) is 16.1 Å². The summed E-state index contributed by atoms with van der Waals surface area (Å²) in [6.45, 7) is 3.07. The maximum absolute atomic E-state index is 10.9. The highest BCUT2D eigenvalue weighted by Crippen LogP contribution is 2.17. The summed E-state index contributed by atoms with van der Waals surface area (Å²) >= 11 is 0. The molecule has 0 radical (unpaired) electrons. The van der Waals surface area contributed by atoms with Crippen LogP contribution in [0.1, 0.15) is 36.7 Å². The summed E-state index contributed by atoms with van der Waals surface area (Å²) in [6, 6.07) is 7.88. The molecule has 3 heteroatoms. The fraction of sp³-hybridized carbons (Fsp3) is 0.385. The number of rotatable bonds is 5. The van der Waals surface area contributed by atoms with E-state index in [2.05, 4.69) is 12.0 Å². The van der Waals surface area contributed by atoms with Crippen LogP contribution in [-0.2, 0) is 6.54 Å².